The molecular formula is C17H34O. The van der Waals surface area contributed by atoms with Crippen LogP contribution in [-0.2, 0) is 4.79 Å². The summed E-state index contributed by atoms with van der Waals surface area (Å²) in [6, 6.07) is 0. The molecule has 18 heavy (non-hydrogen) atoms. The molecule has 0 aliphatic carbocycles. The summed E-state index contributed by atoms with van der Waals surface area (Å²) in [7, 11) is 0. The van der Waals surface area contributed by atoms with Crippen LogP contribution in [0.1, 0.15) is 92.4 Å². The molecule has 1 nitrogen and oxygen atoms in total. The fourth-order valence-corrected chi connectivity index (χ4v) is 2.71. The number of carbonyl (C=O) groups is 1. The Morgan fingerprint density at radius 1 is 1.00 bits per heavy atom. The molecule has 0 N–H and O–H groups in total. The van der Waals surface area contributed by atoms with E-state index in [0.29, 0.717) is 17.1 Å². The summed E-state index contributed by atoms with van der Waals surface area (Å²) in [5, 5.41) is 0. The van der Waals surface area contributed by atoms with Crippen molar-refractivity contribution >= 4 is 5.78 Å². The first kappa shape index (κ1) is 17.7. The van der Waals surface area contributed by atoms with E-state index in [4.69, 9.17) is 0 Å². The third kappa shape index (κ3) is 12.1. The van der Waals surface area contributed by atoms with Gasteiger partial charge in [-0.25, -0.2) is 0 Å². The average Bonchev–Trinajstić information content (AvgIpc) is 2.20. The number of ketones is 1. The lowest BCUT2D eigenvalue weighted by atomic mass is 9.83. The molecule has 0 aromatic carbocycles. The minimum absolute atomic E-state index is 0.347. The molecule has 0 heterocycles. The maximum absolute atomic E-state index is 11.8. The van der Waals surface area contributed by atoms with Gasteiger partial charge in [0.05, 0.1) is 0 Å². The van der Waals surface area contributed by atoms with Gasteiger partial charge in [0.15, 0.2) is 0 Å². The highest BCUT2D eigenvalue weighted by molar-refractivity contribution is 5.78. The summed E-state index contributed by atoms with van der Waals surface area (Å²) < 4.78 is 0. The molecule has 0 spiro atoms. The predicted octanol–water partition coefficient (Wildman–Crippen LogP) is 5.77. The lowest BCUT2D eigenvalue weighted by molar-refractivity contribution is -0.120. The predicted molar refractivity (Wildman–Crippen MR) is 80.9 cm³/mol. The van der Waals surface area contributed by atoms with Crippen LogP contribution >= 0.6 is 0 Å². The van der Waals surface area contributed by atoms with Crippen LogP contribution < -0.4 is 0 Å². The maximum atomic E-state index is 11.8. The molecule has 0 radical (unpaired) electrons. The van der Waals surface area contributed by atoms with Crippen molar-refractivity contribution in [2.24, 2.45) is 11.3 Å². The van der Waals surface area contributed by atoms with Crippen molar-refractivity contribution in [3.05, 3.63) is 0 Å². The Labute approximate surface area is 115 Å². The minimum atomic E-state index is 0.347. The van der Waals surface area contributed by atoms with E-state index < -0.39 is 0 Å². The summed E-state index contributed by atoms with van der Waals surface area (Å²) in [5.41, 5.74) is 0.347. The van der Waals surface area contributed by atoms with Gasteiger partial charge in [-0.05, 0) is 24.2 Å². The van der Waals surface area contributed by atoms with Crippen molar-refractivity contribution in [1.82, 2.24) is 0 Å². The second-order valence-corrected chi connectivity index (χ2v) is 7.13. The number of unbranched alkanes of at least 4 members (excludes halogenated alkanes) is 5. The van der Waals surface area contributed by atoms with Gasteiger partial charge in [0.2, 0.25) is 0 Å². The smallest absolute Gasteiger partial charge is 0.133 e. The van der Waals surface area contributed by atoms with Crippen LogP contribution in [0.25, 0.3) is 0 Å². The molecule has 1 unspecified atom stereocenters. The SMILES string of the molecule is CCCCCCCCC(=O)CC(C)CC(C)(C)C. The van der Waals surface area contributed by atoms with Gasteiger partial charge in [-0.3, -0.25) is 4.79 Å². The molecule has 0 aliphatic rings. The topological polar surface area (TPSA) is 17.1 Å². The van der Waals surface area contributed by atoms with Crippen LogP contribution in [0.2, 0.25) is 0 Å². The van der Waals surface area contributed by atoms with Crippen molar-refractivity contribution < 1.29 is 4.79 Å². The molecule has 0 aliphatic heterocycles. The first-order chi connectivity index (χ1) is 8.35. The number of hydrogen-bond acceptors (Lipinski definition) is 1. The van der Waals surface area contributed by atoms with Gasteiger partial charge in [-0.2, -0.15) is 0 Å². The number of hydrogen-bond donors (Lipinski definition) is 0. The lowest BCUT2D eigenvalue weighted by Crippen LogP contribution is -2.14. The zero-order valence-electron chi connectivity index (χ0n) is 13.3. The van der Waals surface area contributed by atoms with Gasteiger partial charge in [-0.15, -0.1) is 0 Å². The van der Waals surface area contributed by atoms with E-state index in [-0.39, 0.29) is 0 Å². The maximum Gasteiger partial charge on any atom is 0.133 e. The Morgan fingerprint density at radius 2 is 1.56 bits per heavy atom. The van der Waals surface area contributed by atoms with Crippen molar-refractivity contribution in [1.29, 1.82) is 0 Å². The van der Waals surface area contributed by atoms with E-state index in [1.54, 1.807) is 0 Å². The van der Waals surface area contributed by atoms with Gasteiger partial charge >= 0.3 is 0 Å². The molecule has 0 amide bonds. The third-order valence-electron chi connectivity index (χ3n) is 3.35. The monoisotopic (exact) mass is 254 g/mol. The van der Waals surface area contributed by atoms with Gasteiger partial charge in [0.25, 0.3) is 0 Å². The van der Waals surface area contributed by atoms with Gasteiger partial charge < -0.3 is 0 Å². The minimum Gasteiger partial charge on any atom is -0.300 e. The van der Waals surface area contributed by atoms with Crippen molar-refractivity contribution in [2.75, 3.05) is 0 Å². The molecular weight excluding hydrogens is 220 g/mol. The summed E-state index contributed by atoms with van der Waals surface area (Å²) >= 11 is 0. The highest BCUT2D eigenvalue weighted by Gasteiger charge is 2.17. The Hall–Kier alpha value is -0.330. The van der Waals surface area contributed by atoms with E-state index in [1.807, 2.05) is 0 Å². The molecule has 108 valence electrons. The van der Waals surface area contributed by atoms with Crippen molar-refractivity contribution in [3.8, 4) is 0 Å². The van der Waals surface area contributed by atoms with Crippen LogP contribution in [0.4, 0.5) is 0 Å². The molecule has 1 heteroatoms. The van der Waals surface area contributed by atoms with Gasteiger partial charge in [0, 0.05) is 12.8 Å². The summed E-state index contributed by atoms with van der Waals surface area (Å²) in [6.45, 7) is 11.2. The number of Topliss-reactive ketones (excluding diaryl/α,β-unsaturated/α-hetero) is 1. The Morgan fingerprint density at radius 3 is 2.11 bits per heavy atom. The molecule has 0 aromatic rings. The standard InChI is InChI=1S/C17H34O/c1-6-7-8-9-10-11-12-16(18)13-15(2)14-17(3,4)5/h15H,6-14H2,1-5H3. The molecule has 0 aromatic heterocycles. The molecule has 0 bridgehead atoms. The summed E-state index contributed by atoms with van der Waals surface area (Å²) in [4.78, 5) is 11.8. The van der Waals surface area contributed by atoms with Crippen LogP contribution in [-0.4, -0.2) is 5.78 Å². The fourth-order valence-electron chi connectivity index (χ4n) is 2.71. The quantitative estimate of drug-likeness (QED) is 0.452. The molecule has 0 saturated carbocycles. The van der Waals surface area contributed by atoms with Crippen LogP contribution in [0, 0.1) is 11.3 Å². The Kier molecular flexibility index (Phi) is 9.40. The van der Waals surface area contributed by atoms with Crippen LogP contribution in [0.3, 0.4) is 0 Å². The Bertz CT molecular complexity index is 212. The number of rotatable bonds is 10. The molecule has 0 fully saturated rings. The zero-order valence-corrected chi connectivity index (χ0v) is 13.3. The largest absolute Gasteiger partial charge is 0.300 e. The molecule has 1 atom stereocenters. The van der Waals surface area contributed by atoms with Gasteiger partial charge in [-0.1, -0.05) is 66.7 Å². The van der Waals surface area contributed by atoms with Crippen LogP contribution in [0.15, 0.2) is 0 Å². The van der Waals surface area contributed by atoms with Crippen molar-refractivity contribution in [2.45, 2.75) is 92.4 Å². The van der Waals surface area contributed by atoms with E-state index >= 15 is 0 Å². The van der Waals surface area contributed by atoms with Crippen molar-refractivity contribution in [3.63, 3.8) is 0 Å². The highest BCUT2D eigenvalue weighted by atomic mass is 16.1. The lowest BCUT2D eigenvalue weighted by Gasteiger charge is -2.22. The summed E-state index contributed by atoms with van der Waals surface area (Å²) in [6.07, 6.45) is 10.4. The molecule has 0 saturated heterocycles. The Balaban J connectivity index is 3.53. The van der Waals surface area contributed by atoms with E-state index in [2.05, 4.69) is 34.6 Å². The van der Waals surface area contributed by atoms with E-state index in [0.717, 1.165) is 25.7 Å². The zero-order chi connectivity index (χ0) is 14.0. The third-order valence-corrected chi connectivity index (χ3v) is 3.35. The fraction of sp³-hybridized carbons (Fsp3) is 0.941. The second kappa shape index (κ2) is 9.58. The first-order valence-electron chi connectivity index (χ1n) is 7.87. The first-order valence-corrected chi connectivity index (χ1v) is 7.87. The van der Waals surface area contributed by atoms with Crippen LogP contribution in [0.5, 0.6) is 0 Å². The van der Waals surface area contributed by atoms with Gasteiger partial charge in [0.1, 0.15) is 5.78 Å². The summed E-state index contributed by atoms with van der Waals surface area (Å²) in [5.74, 6) is 1.01. The van der Waals surface area contributed by atoms with E-state index in [1.165, 1.54) is 32.1 Å². The normalized spacial score (nSPS) is 13.6. The van der Waals surface area contributed by atoms with E-state index in [9.17, 15) is 4.79 Å². The number of carbonyl (C=O) groups excluding carboxylic acids is 1. The molecule has 0 rings (SSSR count). The average molecular weight is 254 g/mol. The highest BCUT2D eigenvalue weighted by Crippen LogP contribution is 2.26. The second-order valence-electron chi connectivity index (χ2n) is 7.13.